The van der Waals surface area contributed by atoms with Crippen molar-refractivity contribution in [3.8, 4) is 35.2 Å². The van der Waals surface area contributed by atoms with Crippen molar-refractivity contribution in [2.24, 2.45) is 11.8 Å². The molecule has 2 nitrogen and oxygen atoms in total. The molecule has 0 aromatic heterocycles. The molecular weight excluding hydrogens is 745 g/mol. The molecule has 0 amide bonds. The van der Waals surface area contributed by atoms with Crippen LogP contribution in [-0.4, -0.2) is 13.2 Å². The van der Waals surface area contributed by atoms with E-state index in [1.807, 2.05) is 13.8 Å². The highest BCUT2D eigenvalue weighted by Gasteiger charge is 2.23. The van der Waals surface area contributed by atoms with E-state index >= 15 is 0 Å². The Kier molecular flexibility index (Phi) is 18.3. The lowest BCUT2D eigenvalue weighted by atomic mass is 9.78. The Morgan fingerprint density at radius 3 is 1.25 bits per heavy atom. The van der Waals surface area contributed by atoms with Gasteiger partial charge in [-0.25, -0.2) is 8.78 Å². The molecule has 0 radical (unpaired) electrons. The average molecular weight is 807 g/mol. The molecule has 0 heterocycles. The fraction of sp³-hybridized carbons (Fsp3) is 0.472. The van der Waals surface area contributed by atoms with Crippen LogP contribution in [0.15, 0.2) is 72.8 Å². The van der Waals surface area contributed by atoms with E-state index in [0.717, 1.165) is 89.9 Å². The lowest BCUT2D eigenvalue weighted by Crippen LogP contribution is -2.12. The van der Waals surface area contributed by atoms with E-state index in [2.05, 4.69) is 86.1 Å². The Morgan fingerprint density at radius 1 is 0.475 bits per heavy atom. The van der Waals surface area contributed by atoms with Crippen LogP contribution in [0, 0.1) is 58.8 Å². The summed E-state index contributed by atoms with van der Waals surface area (Å²) in [6.45, 7) is 9.20. The summed E-state index contributed by atoms with van der Waals surface area (Å²) in [4.78, 5) is 0. The van der Waals surface area contributed by atoms with E-state index in [4.69, 9.17) is 9.47 Å². The zero-order valence-electron chi connectivity index (χ0n) is 35.6. The SMILES string of the molecule is CCCCOc1ccc(C#C[C@H]2CC[C@H](c3ccc(CC)cc3)CC2)c(F)c1F.CCCCOc1ccc(C#C[C@H]2CC[C@H](c3ccc(CCC)cc3)CC2)c(F)c1F. The second-order valence-electron chi connectivity index (χ2n) is 16.1. The van der Waals surface area contributed by atoms with Gasteiger partial charge < -0.3 is 9.47 Å². The van der Waals surface area contributed by atoms with Crippen LogP contribution in [0.2, 0.25) is 0 Å². The number of aryl methyl sites for hydroxylation is 2. The summed E-state index contributed by atoms with van der Waals surface area (Å²) >= 11 is 0. The maximum atomic E-state index is 14.3. The highest BCUT2D eigenvalue weighted by atomic mass is 19.2. The molecule has 2 aliphatic carbocycles. The zero-order valence-corrected chi connectivity index (χ0v) is 35.6. The monoisotopic (exact) mass is 806 g/mol. The topological polar surface area (TPSA) is 18.5 Å². The Labute approximate surface area is 351 Å². The summed E-state index contributed by atoms with van der Waals surface area (Å²) < 4.78 is 67.7. The fourth-order valence-corrected chi connectivity index (χ4v) is 7.90. The highest BCUT2D eigenvalue weighted by Crippen LogP contribution is 2.37. The number of halogens is 4. The van der Waals surface area contributed by atoms with E-state index in [1.165, 1.54) is 52.9 Å². The summed E-state index contributed by atoms with van der Waals surface area (Å²) in [7, 11) is 0. The molecule has 0 unspecified atom stereocenters. The first-order valence-corrected chi connectivity index (χ1v) is 22.2. The number of ether oxygens (including phenoxy) is 2. The molecule has 6 heteroatoms. The maximum Gasteiger partial charge on any atom is 0.201 e. The summed E-state index contributed by atoms with van der Waals surface area (Å²) in [5, 5.41) is 0. The largest absolute Gasteiger partial charge is 0.490 e. The predicted molar refractivity (Wildman–Crippen MR) is 233 cm³/mol. The Bertz CT molecular complexity index is 2020. The van der Waals surface area contributed by atoms with Crippen molar-refractivity contribution in [2.45, 2.75) is 136 Å². The van der Waals surface area contributed by atoms with Gasteiger partial charge in [0.15, 0.2) is 23.1 Å². The molecular formula is C53H62F4O2. The third kappa shape index (κ3) is 13.4. The normalized spacial score (nSPS) is 18.6. The standard InChI is InChI=1S/C27H32F2O.C26H30F2O/c1-3-5-19-30-25-18-17-24(26(28)27(25)29)16-11-21-9-14-23(15-10-21)22-12-7-20(6-4-2)8-13-22;1-3-5-18-29-24-17-16-23(25(27)26(24)28)15-10-20-8-13-22(14-9-20)21-11-6-19(4-2)7-12-21/h7-8,12-13,17-18,21,23H,3-6,9-10,14-15,19H2,1-2H3;6-7,11-12,16-17,20,22H,3-5,8-9,13-14,18H2,1-2H3/t21-,23-;20-,22-. The van der Waals surface area contributed by atoms with Gasteiger partial charge in [-0.1, -0.05) is 119 Å². The Balaban J connectivity index is 0.000000224. The van der Waals surface area contributed by atoms with Gasteiger partial charge in [0.05, 0.1) is 24.3 Å². The minimum absolute atomic E-state index is 0.0306. The van der Waals surface area contributed by atoms with Crippen LogP contribution in [0.25, 0.3) is 0 Å². The van der Waals surface area contributed by atoms with E-state index < -0.39 is 23.3 Å². The highest BCUT2D eigenvalue weighted by molar-refractivity contribution is 5.42. The van der Waals surface area contributed by atoms with Gasteiger partial charge in [-0.15, -0.1) is 0 Å². The summed E-state index contributed by atoms with van der Waals surface area (Å²) in [6.07, 6.45) is 15.2. The smallest absolute Gasteiger partial charge is 0.201 e. The maximum absolute atomic E-state index is 14.3. The summed E-state index contributed by atoms with van der Waals surface area (Å²) in [5.41, 5.74) is 5.81. The van der Waals surface area contributed by atoms with Gasteiger partial charge in [-0.3, -0.25) is 0 Å². The Hall–Kier alpha value is -4.68. The zero-order chi connectivity index (χ0) is 42.0. The molecule has 0 atom stereocenters. The van der Waals surface area contributed by atoms with Crippen molar-refractivity contribution in [3.63, 3.8) is 0 Å². The van der Waals surface area contributed by atoms with Gasteiger partial charge in [0.2, 0.25) is 11.6 Å². The third-order valence-corrected chi connectivity index (χ3v) is 11.7. The molecule has 314 valence electrons. The molecule has 59 heavy (non-hydrogen) atoms. The van der Waals surface area contributed by atoms with Crippen molar-refractivity contribution in [3.05, 3.63) is 129 Å². The van der Waals surface area contributed by atoms with E-state index in [0.29, 0.717) is 25.0 Å². The second-order valence-corrected chi connectivity index (χ2v) is 16.1. The Morgan fingerprint density at radius 2 is 0.881 bits per heavy atom. The molecule has 2 saturated carbocycles. The van der Waals surface area contributed by atoms with Crippen molar-refractivity contribution in [1.82, 2.24) is 0 Å². The van der Waals surface area contributed by atoms with Gasteiger partial charge in [0.25, 0.3) is 0 Å². The summed E-state index contributed by atoms with van der Waals surface area (Å²) in [6, 6.07) is 24.0. The van der Waals surface area contributed by atoms with Crippen molar-refractivity contribution in [1.29, 1.82) is 0 Å². The lowest BCUT2D eigenvalue weighted by Gasteiger charge is -2.26. The molecule has 2 fully saturated rings. The molecule has 4 aromatic rings. The molecule has 6 rings (SSSR count). The minimum atomic E-state index is -0.938. The number of hydrogen-bond acceptors (Lipinski definition) is 2. The van der Waals surface area contributed by atoms with Gasteiger partial charge in [0.1, 0.15) is 0 Å². The molecule has 0 bridgehead atoms. The quantitative estimate of drug-likeness (QED) is 0.0761. The minimum Gasteiger partial charge on any atom is -0.490 e. The van der Waals surface area contributed by atoms with Crippen LogP contribution in [0.4, 0.5) is 17.6 Å². The van der Waals surface area contributed by atoms with Gasteiger partial charge >= 0.3 is 0 Å². The van der Waals surface area contributed by atoms with Gasteiger partial charge in [0, 0.05) is 11.8 Å². The molecule has 0 aliphatic heterocycles. The fourth-order valence-electron chi connectivity index (χ4n) is 7.90. The first-order valence-electron chi connectivity index (χ1n) is 22.2. The molecule has 0 N–H and O–H groups in total. The van der Waals surface area contributed by atoms with Crippen molar-refractivity contribution in [2.75, 3.05) is 13.2 Å². The van der Waals surface area contributed by atoms with Crippen LogP contribution >= 0.6 is 0 Å². The number of benzene rings is 4. The molecule has 2 aliphatic rings. The van der Waals surface area contributed by atoms with Gasteiger partial charge in [-0.2, -0.15) is 8.78 Å². The first kappa shape index (κ1) is 45.4. The molecule has 4 aromatic carbocycles. The van der Waals surface area contributed by atoms with E-state index in [-0.39, 0.29) is 34.5 Å². The van der Waals surface area contributed by atoms with Crippen molar-refractivity contribution < 1.29 is 27.0 Å². The average Bonchev–Trinajstić information content (AvgIpc) is 3.27. The van der Waals surface area contributed by atoms with Crippen LogP contribution in [0.5, 0.6) is 11.5 Å². The van der Waals surface area contributed by atoms with E-state index in [1.54, 1.807) is 0 Å². The number of hydrogen-bond donors (Lipinski definition) is 0. The molecule has 0 saturated heterocycles. The van der Waals surface area contributed by atoms with Crippen molar-refractivity contribution >= 4 is 0 Å². The summed E-state index contributed by atoms with van der Waals surface area (Å²) in [5.74, 6) is 9.97. The lowest BCUT2D eigenvalue weighted by molar-refractivity contribution is 0.288. The van der Waals surface area contributed by atoms with Crippen LogP contribution in [0.3, 0.4) is 0 Å². The van der Waals surface area contributed by atoms with Crippen LogP contribution in [0.1, 0.15) is 156 Å². The number of rotatable bonds is 13. The predicted octanol–water partition coefficient (Wildman–Crippen LogP) is 14.5. The third-order valence-electron chi connectivity index (χ3n) is 11.7. The first-order chi connectivity index (χ1) is 28.7. The second kappa shape index (κ2) is 23.8. The molecule has 0 spiro atoms. The van der Waals surface area contributed by atoms with Crippen LogP contribution in [-0.2, 0) is 12.8 Å². The van der Waals surface area contributed by atoms with E-state index in [9.17, 15) is 17.6 Å². The van der Waals surface area contributed by atoms with Gasteiger partial charge in [-0.05, 0) is 135 Å². The number of unbranched alkanes of at least 4 members (excludes halogenated alkanes) is 2. The van der Waals surface area contributed by atoms with Crippen LogP contribution < -0.4 is 9.47 Å².